The van der Waals surface area contributed by atoms with Crippen molar-refractivity contribution in [2.75, 3.05) is 26.4 Å². The fourth-order valence-electron chi connectivity index (χ4n) is 12.3. The number of esters is 3. The highest BCUT2D eigenvalue weighted by molar-refractivity contribution is 7.47. The van der Waals surface area contributed by atoms with Gasteiger partial charge in [-0.25, -0.2) is 4.57 Å². The second-order valence-corrected chi connectivity index (χ2v) is 28.1. The summed E-state index contributed by atoms with van der Waals surface area (Å²) in [4.78, 5) is 50.9. The molecule has 25 heteroatoms. The van der Waals surface area contributed by atoms with Gasteiger partial charge in [-0.3, -0.25) is 23.4 Å². The molecule has 24 nitrogen and oxygen atoms in total. The largest absolute Gasteiger partial charge is 0.472 e. The lowest BCUT2D eigenvalue weighted by Crippen LogP contribution is -2.69. The Bertz CT molecular complexity index is 1960. The highest BCUT2D eigenvalue weighted by Crippen LogP contribution is 2.49. The van der Waals surface area contributed by atoms with E-state index in [-0.39, 0.29) is 19.3 Å². The molecule has 3 fully saturated rings. The summed E-state index contributed by atoms with van der Waals surface area (Å²) in [5, 5.41) is 110. The minimum Gasteiger partial charge on any atom is -0.463 e. The molecule has 0 bridgehead atoms. The summed E-state index contributed by atoms with van der Waals surface area (Å²) in [7, 11) is -5.69. The standard InChI is InChI=1S/C69H129O24P/c1-4-7-10-13-16-19-22-24-25-26-27-30-32-34-37-40-43-53(71)85-47-50(88-55(73)45-42-39-36-33-28-21-18-15-12-9-6-3)48-87-94(83,84)93-67-65(91-68-63(81)58(76)56(74)51(46-70)89-68)61(79)60(78)62(80)66(67)92-69-64(82)59(77)57(75)52(90-69)49-86-54(72)44-41-38-35-31-29-23-20-17-14-11-8-5-2/h50-52,56-70,74-82H,4-49H2,1-3H3,(H,83,84). The molecule has 0 amide bonds. The molecule has 3 rings (SSSR count). The van der Waals surface area contributed by atoms with Gasteiger partial charge in [0.25, 0.3) is 0 Å². The van der Waals surface area contributed by atoms with E-state index in [4.69, 9.17) is 42.2 Å². The van der Waals surface area contributed by atoms with E-state index in [1.165, 1.54) is 141 Å². The molecule has 0 radical (unpaired) electrons. The number of hydrogen-bond acceptors (Lipinski definition) is 23. The predicted octanol–water partition coefficient (Wildman–Crippen LogP) is 9.40. The molecule has 11 N–H and O–H groups in total. The van der Waals surface area contributed by atoms with Gasteiger partial charge in [-0.1, -0.05) is 252 Å². The quantitative estimate of drug-likeness (QED) is 0.0117. The second kappa shape index (κ2) is 52.0. The van der Waals surface area contributed by atoms with Gasteiger partial charge in [0, 0.05) is 19.3 Å². The normalized spacial score (nSPS) is 28.2. The van der Waals surface area contributed by atoms with Gasteiger partial charge in [-0.2, -0.15) is 0 Å². The first-order valence-corrected chi connectivity index (χ1v) is 38.3. The van der Waals surface area contributed by atoms with E-state index in [0.29, 0.717) is 19.3 Å². The lowest BCUT2D eigenvalue weighted by atomic mass is 9.84. The monoisotopic (exact) mass is 1370 g/mol. The summed E-state index contributed by atoms with van der Waals surface area (Å²) in [6.45, 7) is 3.43. The number of ether oxygens (including phenoxy) is 7. The molecule has 0 aromatic rings. The van der Waals surface area contributed by atoms with Crippen LogP contribution in [-0.2, 0) is 61.2 Å². The molecular weight excluding hydrogens is 1240 g/mol. The second-order valence-electron chi connectivity index (χ2n) is 26.7. The first-order chi connectivity index (χ1) is 45.3. The molecular formula is C69H129O24P. The molecule has 18 unspecified atom stereocenters. The lowest BCUT2D eigenvalue weighted by molar-refractivity contribution is -0.360. The molecule has 554 valence electrons. The number of hydrogen-bond donors (Lipinski definition) is 11. The van der Waals surface area contributed by atoms with Crippen molar-refractivity contribution in [3.63, 3.8) is 0 Å². The first-order valence-electron chi connectivity index (χ1n) is 36.8. The van der Waals surface area contributed by atoms with E-state index >= 15 is 0 Å². The van der Waals surface area contributed by atoms with Crippen molar-refractivity contribution in [2.45, 2.75) is 395 Å². The SMILES string of the molecule is CCCCCCCCCCCCCCCCCCC(=O)OCC(COP(=O)(O)OC1C(OC2OC(CO)C(O)C(O)C2O)C(O)C(O)C(O)C1OC1OC(COC(=O)CCCCCCCCCCCCCC)C(O)C(O)C1O)OC(=O)CCCCCCCCCCCCC. The van der Waals surface area contributed by atoms with Crippen molar-refractivity contribution in [3.8, 4) is 0 Å². The van der Waals surface area contributed by atoms with Crippen LogP contribution < -0.4 is 0 Å². The Balaban J connectivity index is 1.74. The summed E-state index contributed by atoms with van der Waals surface area (Å²) >= 11 is 0. The maximum absolute atomic E-state index is 14.3. The maximum atomic E-state index is 14.3. The van der Waals surface area contributed by atoms with Crippen molar-refractivity contribution in [2.24, 2.45) is 0 Å². The van der Waals surface area contributed by atoms with Gasteiger partial charge in [0.15, 0.2) is 18.7 Å². The number of carbonyl (C=O) groups is 3. The van der Waals surface area contributed by atoms with Gasteiger partial charge in [0.1, 0.15) is 98.7 Å². The molecule has 3 aliphatic rings. The molecule has 94 heavy (non-hydrogen) atoms. The Morgan fingerprint density at radius 1 is 0.372 bits per heavy atom. The topological polar surface area (TPSA) is 374 Å². The molecule has 1 aliphatic carbocycles. The van der Waals surface area contributed by atoms with Crippen LogP contribution in [0.4, 0.5) is 0 Å². The molecule has 18 atom stereocenters. The van der Waals surface area contributed by atoms with E-state index in [9.17, 15) is 74.9 Å². The Labute approximate surface area is 561 Å². The van der Waals surface area contributed by atoms with Gasteiger partial charge in [0.2, 0.25) is 0 Å². The zero-order valence-corrected chi connectivity index (χ0v) is 58.4. The molecule has 2 saturated heterocycles. The number of phosphoric acid groups is 1. The van der Waals surface area contributed by atoms with Crippen molar-refractivity contribution in [1.82, 2.24) is 0 Å². The predicted molar refractivity (Wildman–Crippen MR) is 352 cm³/mol. The van der Waals surface area contributed by atoms with E-state index in [1.807, 2.05) is 0 Å². The van der Waals surface area contributed by atoms with Gasteiger partial charge in [0.05, 0.1) is 13.2 Å². The summed E-state index contributed by atoms with van der Waals surface area (Å²) in [5.74, 6) is -1.98. The highest BCUT2D eigenvalue weighted by Gasteiger charge is 2.58. The number of aliphatic hydroxyl groups is 10. The van der Waals surface area contributed by atoms with Crippen molar-refractivity contribution >= 4 is 25.7 Å². The third-order valence-electron chi connectivity index (χ3n) is 18.4. The van der Waals surface area contributed by atoms with E-state index in [2.05, 4.69) is 20.8 Å². The zero-order valence-electron chi connectivity index (χ0n) is 57.5. The summed E-state index contributed by atoms with van der Waals surface area (Å²) < 4.78 is 64.9. The van der Waals surface area contributed by atoms with Gasteiger partial charge < -0.3 is 89.1 Å². The van der Waals surface area contributed by atoms with Gasteiger partial charge >= 0.3 is 25.7 Å². The van der Waals surface area contributed by atoms with Gasteiger partial charge in [-0.05, 0) is 19.3 Å². The Morgan fingerprint density at radius 3 is 1.04 bits per heavy atom. The fraction of sp³-hybridized carbons (Fsp3) is 0.957. The fourth-order valence-corrected chi connectivity index (χ4v) is 13.3. The third kappa shape index (κ3) is 35.3. The van der Waals surface area contributed by atoms with Crippen molar-refractivity contribution in [1.29, 1.82) is 0 Å². The Kier molecular flexibility index (Phi) is 47.7. The average Bonchev–Trinajstić information content (AvgIpc) is 0.766. The van der Waals surface area contributed by atoms with Crippen molar-refractivity contribution < 1.29 is 117 Å². The lowest BCUT2D eigenvalue weighted by Gasteiger charge is -2.49. The highest BCUT2D eigenvalue weighted by atomic mass is 31.2. The van der Waals surface area contributed by atoms with E-state index in [1.54, 1.807) is 0 Å². The maximum Gasteiger partial charge on any atom is 0.472 e. The summed E-state index contributed by atoms with van der Waals surface area (Å²) in [6, 6.07) is 0. The molecule has 2 heterocycles. The van der Waals surface area contributed by atoms with E-state index in [0.717, 1.165) is 89.9 Å². The van der Waals surface area contributed by atoms with Crippen LogP contribution in [-0.4, -0.2) is 204 Å². The van der Waals surface area contributed by atoms with Crippen LogP contribution in [0.15, 0.2) is 0 Å². The zero-order chi connectivity index (χ0) is 68.9. The van der Waals surface area contributed by atoms with Crippen LogP contribution in [0.3, 0.4) is 0 Å². The summed E-state index contributed by atoms with van der Waals surface area (Å²) in [5.41, 5.74) is 0. The van der Waals surface area contributed by atoms with Crippen LogP contribution in [0.2, 0.25) is 0 Å². The van der Waals surface area contributed by atoms with E-state index < -0.39 is 156 Å². The Morgan fingerprint density at radius 2 is 0.681 bits per heavy atom. The van der Waals surface area contributed by atoms with Crippen LogP contribution in [0.1, 0.15) is 290 Å². The smallest absolute Gasteiger partial charge is 0.463 e. The van der Waals surface area contributed by atoms with Crippen LogP contribution >= 0.6 is 7.82 Å². The van der Waals surface area contributed by atoms with Crippen LogP contribution in [0.5, 0.6) is 0 Å². The number of unbranched alkanes of at least 4 members (excludes halogenated alkanes) is 36. The van der Waals surface area contributed by atoms with Crippen LogP contribution in [0, 0.1) is 0 Å². The molecule has 0 spiro atoms. The van der Waals surface area contributed by atoms with Crippen molar-refractivity contribution in [3.05, 3.63) is 0 Å². The number of aliphatic hydroxyl groups excluding tert-OH is 10. The number of rotatable bonds is 57. The first kappa shape index (κ1) is 86.2. The van der Waals surface area contributed by atoms with Crippen LogP contribution in [0.25, 0.3) is 0 Å². The van der Waals surface area contributed by atoms with Gasteiger partial charge in [-0.15, -0.1) is 0 Å². The molecule has 0 aromatic carbocycles. The number of phosphoric ester groups is 1. The molecule has 2 aliphatic heterocycles. The molecule has 0 aromatic heterocycles. The third-order valence-corrected chi connectivity index (χ3v) is 19.4. The molecule has 1 saturated carbocycles. The minimum atomic E-state index is -5.69. The average molecular weight is 1370 g/mol. The number of carbonyl (C=O) groups excluding carboxylic acids is 3. The Hall–Kier alpha value is -2.04. The summed E-state index contributed by atoms with van der Waals surface area (Å²) in [6.07, 6.45) is 7.64. The minimum absolute atomic E-state index is 0.0331.